The molecule has 2 aromatic rings. The smallest absolute Gasteiger partial charge is 0.220 e. The van der Waals surface area contributed by atoms with Crippen LogP contribution in [-0.4, -0.2) is 44.0 Å². The van der Waals surface area contributed by atoms with Crippen molar-refractivity contribution in [1.29, 1.82) is 0 Å². The lowest BCUT2D eigenvalue weighted by molar-refractivity contribution is -0.121. The molecule has 0 unspecified atom stereocenters. The van der Waals surface area contributed by atoms with Crippen LogP contribution in [0, 0.1) is 5.92 Å². The topological polar surface area (TPSA) is 56.7 Å². The molecule has 0 atom stereocenters. The number of fused-ring (bicyclic) bond motifs is 1. The second-order valence-corrected chi connectivity index (χ2v) is 6.89. The monoisotopic (exact) mass is 480 g/mol. The highest BCUT2D eigenvalue weighted by molar-refractivity contribution is 14.0. The van der Waals surface area contributed by atoms with Crippen LogP contribution >= 0.6 is 24.0 Å². The maximum absolute atomic E-state index is 11.5. The Morgan fingerprint density at radius 3 is 2.52 bits per heavy atom. The average Bonchev–Trinajstić information content (AvgIpc) is 2.69. The number of amides is 1. The summed E-state index contributed by atoms with van der Waals surface area (Å²) in [5, 5.41) is 8.73. The Hall–Kier alpha value is -1.83. The zero-order valence-electron chi connectivity index (χ0n) is 16.1. The summed E-state index contributed by atoms with van der Waals surface area (Å²) in [5.41, 5.74) is 1.25. The van der Waals surface area contributed by atoms with E-state index in [9.17, 15) is 4.79 Å². The predicted molar refractivity (Wildman–Crippen MR) is 123 cm³/mol. The fourth-order valence-electron chi connectivity index (χ4n) is 3.58. The van der Waals surface area contributed by atoms with Crippen molar-refractivity contribution < 1.29 is 4.79 Å². The second kappa shape index (κ2) is 10.5. The summed E-state index contributed by atoms with van der Waals surface area (Å²) in [7, 11) is 3.54. The summed E-state index contributed by atoms with van der Waals surface area (Å²) in [4.78, 5) is 18.3. The van der Waals surface area contributed by atoms with Gasteiger partial charge in [-0.1, -0.05) is 36.4 Å². The fourth-order valence-corrected chi connectivity index (χ4v) is 3.58. The molecule has 2 aromatic carbocycles. The van der Waals surface area contributed by atoms with Crippen LogP contribution < -0.4 is 10.6 Å². The number of benzene rings is 2. The molecule has 0 radical (unpaired) electrons. The van der Waals surface area contributed by atoms with Gasteiger partial charge in [0.15, 0.2) is 5.96 Å². The molecule has 146 valence electrons. The van der Waals surface area contributed by atoms with Crippen LogP contribution in [0.25, 0.3) is 10.8 Å². The summed E-state index contributed by atoms with van der Waals surface area (Å²) in [5.74, 6) is 1.56. The molecule has 0 spiro atoms. The molecule has 6 heteroatoms. The molecule has 0 bridgehead atoms. The van der Waals surface area contributed by atoms with Crippen molar-refractivity contribution in [2.75, 3.05) is 27.2 Å². The van der Waals surface area contributed by atoms with E-state index in [1.54, 1.807) is 7.05 Å². The van der Waals surface area contributed by atoms with Crippen LogP contribution in [0.3, 0.4) is 0 Å². The fraction of sp³-hybridized carbons (Fsp3) is 0.429. The molecule has 1 heterocycles. The third-order valence-corrected chi connectivity index (χ3v) is 5.14. The summed E-state index contributed by atoms with van der Waals surface area (Å²) in [6.07, 6.45) is 2.70. The summed E-state index contributed by atoms with van der Waals surface area (Å²) in [6.45, 7) is 2.65. The summed E-state index contributed by atoms with van der Waals surface area (Å²) in [6, 6.07) is 15.0. The number of carbonyl (C=O) groups is 1. The van der Waals surface area contributed by atoms with E-state index in [2.05, 4.69) is 63.0 Å². The lowest BCUT2D eigenvalue weighted by Crippen LogP contribution is -2.45. The van der Waals surface area contributed by atoms with Gasteiger partial charge in [-0.25, -0.2) is 0 Å². The Morgan fingerprint density at radius 2 is 1.85 bits per heavy atom. The van der Waals surface area contributed by atoms with Crippen LogP contribution in [-0.2, 0) is 11.3 Å². The quantitative estimate of drug-likeness (QED) is 0.401. The van der Waals surface area contributed by atoms with E-state index >= 15 is 0 Å². The first-order valence-electron chi connectivity index (χ1n) is 9.33. The Kier molecular flexibility index (Phi) is 8.34. The Labute approximate surface area is 178 Å². The van der Waals surface area contributed by atoms with E-state index in [0.717, 1.165) is 38.4 Å². The van der Waals surface area contributed by atoms with E-state index < -0.39 is 0 Å². The predicted octanol–water partition coefficient (Wildman–Crippen LogP) is 3.38. The van der Waals surface area contributed by atoms with Gasteiger partial charge < -0.3 is 15.5 Å². The minimum atomic E-state index is 0. The van der Waals surface area contributed by atoms with Gasteiger partial charge in [0.1, 0.15) is 0 Å². The lowest BCUT2D eigenvalue weighted by Gasteiger charge is -2.34. The Bertz CT molecular complexity index is 785. The highest BCUT2D eigenvalue weighted by Crippen LogP contribution is 2.20. The van der Waals surface area contributed by atoms with Crippen molar-refractivity contribution >= 4 is 46.6 Å². The van der Waals surface area contributed by atoms with Gasteiger partial charge in [0, 0.05) is 40.2 Å². The minimum absolute atomic E-state index is 0. The molecule has 3 rings (SSSR count). The highest BCUT2D eigenvalue weighted by Gasteiger charge is 2.22. The number of rotatable bonds is 4. The number of hydrogen-bond acceptors (Lipinski definition) is 2. The Balaban J connectivity index is 0.00000261. The summed E-state index contributed by atoms with van der Waals surface area (Å²) < 4.78 is 0. The first-order chi connectivity index (χ1) is 12.7. The van der Waals surface area contributed by atoms with Crippen LogP contribution in [0.4, 0.5) is 0 Å². The van der Waals surface area contributed by atoms with Crippen LogP contribution in [0.2, 0.25) is 0 Å². The first kappa shape index (κ1) is 21.5. The number of guanidine groups is 1. The number of nitrogens with one attached hydrogen (secondary N) is 2. The Morgan fingerprint density at radius 1 is 1.15 bits per heavy atom. The normalized spacial score (nSPS) is 15.3. The number of likely N-dealkylation sites (tertiary alicyclic amines) is 1. The molecule has 1 aliphatic heterocycles. The molecule has 0 aliphatic carbocycles. The third-order valence-electron chi connectivity index (χ3n) is 5.14. The largest absolute Gasteiger partial charge is 0.359 e. The molecule has 27 heavy (non-hydrogen) atoms. The molecular weight excluding hydrogens is 451 g/mol. The third kappa shape index (κ3) is 5.82. The van der Waals surface area contributed by atoms with Gasteiger partial charge in [-0.05, 0) is 41.2 Å². The van der Waals surface area contributed by atoms with E-state index in [-0.39, 0.29) is 29.9 Å². The number of nitrogens with zero attached hydrogens (tertiary/aromatic N) is 2. The molecule has 1 aliphatic rings. The van der Waals surface area contributed by atoms with Crippen LogP contribution in [0.15, 0.2) is 47.5 Å². The molecule has 0 aromatic heterocycles. The lowest BCUT2D eigenvalue weighted by atomic mass is 9.93. The number of aliphatic imine (C=N–C) groups is 1. The average molecular weight is 480 g/mol. The zero-order chi connectivity index (χ0) is 18.4. The maximum atomic E-state index is 11.5. The molecule has 1 fully saturated rings. The van der Waals surface area contributed by atoms with Gasteiger partial charge in [0.25, 0.3) is 0 Å². The minimum Gasteiger partial charge on any atom is -0.359 e. The molecule has 1 saturated heterocycles. The van der Waals surface area contributed by atoms with Gasteiger partial charge in [0.2, 0.25) is 5.91 Å². The highest BCUT2D eigenvalue weighted by atomic mass is 127. The van der Waals surface area contributed by atoms with Gasteiger partial charge in [-0.15, -0.1) is 24.0 Å². The van der Waals surface area contributed by atoms with Crippen LogP contribution in [0.1, 0.15) is 24.8 Å². The van der Waals surface area contributed by atoms with Gasteiger partial charge in [-0.2, -0.15) is 0 Å². The van der Waals surface area contributed by atoms with Crippen molar-refractivity contribution in [2.24, 2.45) is 10.9 Å². The number of carbonyl (C=O) groups excluding carboxylic acids is 1. The van der Waals surface area contributed by atoms with Gasteiger partial charge in [-0.3, -0.25) is 9.79 Å². The van der Waals surface area contributed by atoms with Crippen molar-refractivity contribution in [3.8, 4) is 0 Å². The van der Waals surface area contributed by atoms with Crippen molar-refractivity contribution in [1.82, 2.24) is 15.5 Å². The standard InChI is InChI=1S/C21H28N4O.HI/c1-22-20(26)14-16-9-11-25(12-10-16)21(23-2)24-15-17-7-8-18-5-3-4-6-19(18)13-17;/h3-8,13,16H,9-12,14-15H2,1-2H3,(H,22,26)(H,23,24);1H. The van der Waals surface area contributed by atoms with E-state index in [4.69, 9.17) is 0 Å². The van der Waals surface area contributed by atoms with Crippen molar-refractivity contribution in [3.05, 3.63) is 48.0 Å². The van der Waals surface area contributed by atoms with Crippen LogP contribution in [0.5, 0.6) is 0 Å². The van der Waals surface area contributed by atoms with Crippen molar-refractivity contribution in [3.63, 3.8) is 0 Å². The van der Waals surface area contributed by atoms with E-state index in [1.165, 1.54) is 16.3 Å². The SMILES string of the molecule is CN=C(NCc1ccc2ccccc2c1)N1CCC(CC(=O)NC)CC1.I. The van der Waals surface area contributed by atoms with E-state index in [0.29, 0.717) is 12.3 Å². The molecular formula is C21H29IN4O. The van der Waals surface area contributed by atoms with Gasteiger partial charge >= 0.3 is 0 Å². The molecule has 0 saturated carbocycles. The number of halogens is 1. The zero-order valence-corrected chi connectivity index (χ0v) is 18.4. The molecule has 1 amide bonds. The molecule has 5 nitrogen and oxygen atoms in total. The second-order valence-electron chi connectivity index (χ2n) is 6.89. The first-order valence-corrected chi connectivity index (χ1v) is 9.33. The van der Waals surface area contributed by atoms with Crippen molar-refractivity contribution in [2.45, 2.75) is 25.8 Å². The van der Waals surface area contributed by atoms with E-state index in [1.807, 2.05) is 7.05 Å². The number of piperidine rings is 1. The molecule has 2 N–H and O–H groups in total. The number of hydrogen-bond donors (Lipinski definition) is 2. The maximum Gasteiger partial charge on any atom is 0.220 e. The van der Waals surface area contributed by atoms with Gasteiger partial charge in [0.05, 0.1) is 0 Å². The summed E-state index contributed by atoms with van der Waals surface area (Å²) >= 11 is 0.